The van der Waals surface area contributed by atoms with Gasteiger partial charge in [0.2, 0.25) is 0 Å². The topological polar surface area (TPSA) is 65.1 Å². The van der Waals surface area contributed by atoms with Gasteiger partial charge >= 0.3 is 0 Å². The monoisotopic (exact) mass is 288 g/mol. The SMILES string of the molecule is CCCc1nn(C)c(Nc2ccc(OC(C)C)cc2)c1N. The number of benzene rings is 1. The zero-order valence-electron chi connectivity index (χ0n) is 13.2. The van der Waals surface area contributed by atoms with E-state index >= 15 is 0 Å². The van der Waals surface area contributed by atoms with E-state index in [9.17, 15) is 0 Å². The lowest BCUT2D eigenvalue weighted by atomic mass is 10.2. The molecule has 0 saturated heterocycles. The maximum absolute atomic E-state index is 6.16. The van der Waals surface area contributed by atoms with Gasteiger partial charge in [0.15, 0.2) is 5.82 Å². The lowest BCUT2D eigenvalue weighted by Crippen LogP contribution is -2.05. The van der Waals surface area contributed by atoms with Crippen molar-refractivity contribution in [2.75, 3.05) is 11.1 Å². The third-order valence-electron chi connectivity index (χ3n) is 3.14. The summed E-state index contributed by atoms with van der Waals surface area (Å²) in [5.74, 6) is 1.69. The van der Waals surface area contributed by atoms with E-state index in [0.717, 1.165) is 41.5 Å². The molecule has 1 aromatic carbocycles. The molecule has 2 rings (SSSR count). The first kappa shape index (κ1) is 15.2. The van der Waals surface area contributed by atoms with Crippen LogP contribution < -0.4 is 15.8 Å². The summed E-state index contributed by atoms with van der Waals surface area (Å²) in [5.41, 5.74) is 8.80. The lowest BCUT2D eigenvalue weighted by Gasteiger charge is -2.11. The highest BCUT2D eigenvalue weighted by Crippen LogP contribution is 2.27. The number of hydrogen-bond donors (Lipinski definition) is 2. The molecule has 0 amide bonds. The van der Waals surface area contributed by atoms with Crippen molar-refractivity contribution < 1.29 is 4.74 Å². The number of aromatic nitrogens is 2. The molecule has 3 N–H and O–H groups in total. The molecule has 0 aliphatic heterocycles. The van der Waals surface area contributed by atoms with E-state index in [4.69, 9.17) is 10.5 Å². The maximum Gasteiger partial charge on any atom is 0.152 e. The van der Waals surface area contributed by atoms with Gasteiger partial charge < -0.3 is 15.8 Å². The van der Waals surface area contributed by atoms with E-state index in [1.54, 1.807) is 4.68 Å². The number of nitrogens with zero attached hydrogens (tertiary/aromatic N) is 2. The normalized spacial score (nSPS) is 10.9. The van der Waals surface area contributed by atoms with Gasteiger partial charge in [-0.1, -0.05) is 13.3 Å². The predicted molar refractivity (Wildman–Crippen MR) is 87.1 cm³/mol. The van der Waals surface area contributed by atoms with E-state index in [-0.39, 0.29) is 6.10 Å². The van der Waals surface area contributed by atoms with Crippen LogP contribution in [0.5, 0.6) is 5.75 Å². The van der Waals surface area contributed by atoms with Crippen LogP contribution in [0.1, 0.15) is 32.9 Å². The summed E-state index contributed by atoms with van der Waals surface area (Å²) in [7, 11) is 1.90. The van der Waals surface area contributed by atoms with Crippen molar-refractivity contribution in [2.45, 2.75) is 39.7 Å². The molecule has 0 saturated carbocycles. The van der Waals surface area contributed by atoms with E-state index in [1.807, 2.05) is 45.2 Å². The molecule has 0 fully saturated rings. The Bertz CT molecular complexity index is 587. The minimum atomic E-state index is 0.174. The first-order valence-electron chi connectivity index (χ1n) is 7.36. The fourth-order valence-electron chi connectivity index (χ4n) is 2.19. The predicted octanol–water partition coefficient (Wildman–Crippen LogP) is 3.49. The van der Waals surface area contributed by atoms with Gasteiger partial charge in [-0.2, -0.15) is 5.10 Å². The number of ether oxygens (including phenoxy) is 1. The standard InChI is InChI=1S/C16H24N4O/c1-5-6-14-15(17)16(20(4)19-14)18-12-7-9-13(10-8-12)21-11(2)3/h7-11,18H,5-6,17H2,1-4H3. The average molecular weight is 288 g/mol. The Morgan fingerprint density at radius 3 is 2.52 bits per heavy atom. The number of nitrogens with one attached hydrogen (secondary N) is 1. The third-order valence-corrected chi connectivity index (χ3v) is 3.14. The Morgan fingerprint density at radius 2 is 1.95 bits per heavy atom. The summed E-state index contributed by atoms with van der Waals surface area (Å²) in [5, 5.41) is 7.78. The van der Waals surface area contributed by atoms with Crippen molar-refractivity contribution in [3.05, 3.63) is 30.0 Å². The molecule has 114 valence electrons. The highest BCUT2D eigenvalue weighted by atomic mass is 16.5. The van der Waals surface area contributed by atoms with Crippen LogP contribution in [0, 0.1) is 0 Å². The van der Waals surface area contributed by atoms with E-state index < -0.39 is 0 Å². The molecular weight excluding hydrogens is 264 g/mol. The molecule has 5 nitrogen and oxygen atoms in total. The molecule has 5 heteroatoms. The Labute approximate surface area is 126 Å². The van der Waals surface area contributed by atoms with Crippen molar-refractivity contribution in [3.8, 4) is 5.75 Å². The zero-order chi connectivity index (χ0) is 15.4. The Kier molecular flexibility index (Phi) is 4.73. The molecule has 0 spiro atoms. The quantitative estimate of drug-likeness (QED) is 0.854. The molecule has 0 unspecified atom stereocenters. The molecule has 21 heavy (non-hydrogen) atoms. The first-order chi connectivity index (χ1) is 10.0. The second-order valence-corrected chi connectivity index (χ2v) is 5.40. The molecular formula is C16H24N4O. The number of hydrogen-bond acceptors (Lipinski definition) is 4. The second-order valence-electron chi connectivity index (χ2n) is 5.40. The molecule has 0 bridgehead atoms. The molecule has 0 radical (unpaired) electrons. The van der Waals surface area contributed by atoms with E-state index in [0.29, 0.717) is 0 Å². The zero-order valence-corrected chi connectivity index (χ0v) is 13.2. The molecule has 0 atom stereocenters. The van der Waals surface area contributed by atoms with Crippen molar-refractivity contribution in [1.29, 1.82) is 0 Å². The third kappa shape index (κ3) is 3.68. The van der Waals surface area contributed by atoms with Crippen LogP contribution in [0.3, 0.4) is 0 Å². The molecule has 1 heterocycles. The summed E-state index contributed by atoms with van der Waals surface area (Å²) in [6, 6.07) is 7.84. The average Bonchev–Trinajstić information content (AvgIpc) is 2.68. The smallest absolute Gasteiger partial charge is 0.152 e. The molecule has 1 aromatic heterocycles. The second kappa shape index (κ2) is 6.52. The van der Waals surface area contributed by atoms with Crippen molar-refractivity contribution >= 4 is 17.2 Å². The largest absolute Gasteiger partial charge is 0.491 e. The highest BCUT2D eigenvalue weighted by Gasteiger charge is 2.12. The number of nitrogen functional groups attached to an aromatic ring is 1. The van der Waals surface area contributed by atoms with Gasteiger partial charge in [0, 0.05) is 12.7 Å². The van der Waals surface area contributed by atoms with Gasteiger partial charge in [0.25, 0.3) is 0 Å². The molecule has 0 aliphatic carbocycles. The fraction of sp³-hybridized carbons (Fsp3) is 0.438. The maximum atomic E-state index is 6.16. The van der Waals surface area contributed by atoms with Crippen LogP contribution in [0.2, 0.25) is 0 Å². The van der Waals surface area contributed by atoms with Crippen LogP contribution in [-0.4, -0.2) is 15.9 Å². The minimum absolute atomic E-state index is 0.174. The number of nitrogens with two attached hydrogens (primary N) is 1. The molecule has 0 aliphatic rings. The van der Waals surface area contributed by atoms with Gasteiger partial charge in [0.05, 0.1) is 17.5 Å². The summed E-state index contributed by atoms with van der Waals surface area (Å²) >= 11 is 0. The van der Waals surface area contributed by atoms with Crippen molar-refractivity contribution in [1.82, 2.24) is 9.78 Å². The highest BCUT2D eigenvalue weighted by molar-refractivity contribution is 5.71. The number of rotatable bonds is 6. The Hall–Kier alpha value is -2.17. The van der Waals surface area contributed by atoms with Gasteiger partial charge in [-0.25, -0.2) is 0 Å². The van der Waals surface area contributed by atoms with E-state index in [2.05, 4.69) is 17.3 Å². The fourth-order valence-corrected chi connectivity index (χ4v) is 2.19. The van der Waals surface area contributed by atoms with Crippen LogP contribution >= 0.6 is 0 Å². The minimum Gasteiger partial charge on any atom is -0.491 e. The van der Waals surface area contributed by atoms with Crippen LogP contribution in [0.4, 0.5) is 17.2 Å². The van der Waals surface area contributed by atoms with Crippen LogP contribution in [0.15, 0.2) is 24.3 Å². The summed E-state index contributed by atoms with van der Waals surface area (Å²) in [6.07, 6.45) is 2.10. The van der Waals surface area contributed by atoms with Gasteiger partial charge in [0.1, 0.15) is 5.75 Å². The van der Waals surface area contributed by atoms with Gasteiger partial charge in [-0.3, -0.25) is 4.68 Å². The van der Waals surface area contributed by atoms with Gasteiger partial charge in [-0.05, 0) is 44.5 Å². The lowest BCUT2D eigenvalue weighted by molar-refractivity contribution is 0.242. The van der Waals surface area contributed by atoms with E-state index in [1.165, 1.54) is 0 Å². The number of aryl methyl sites for hydroxylation is 2. The Morgan fingerprint density at radius 1 is 1.29 bits per heavy atom. The van der Waals surface area contributed by atoms with Crippen LogP contribution in [0.25, 0.3) is 0 Å². The van der Waals surface area contributed by atoms with Gasteiger partial charge in [-0.15, -0.1) is 0 Å². The van der Waals surface area contributed by atoms with Crippen LogP contribution in [-0.2, 0) is 13.5 Å². The van der Waals surface area contributed by atoms with Crippen molar-refractivity contribution in [3.63, 3.8) is 0 Å². The Balaban J connectivity index is 2.14. The van der Waals surface area contributed by atoms with Crippen molar-refractivity contribution in [2.24, 2.45) is 7.05 Å². The molecule has 2 aromatic rings. The summed E-state index contributed by atoms with van der Waals surface area (Å²) in [4.78, 5) is 0. The number of anilines is 3. The summed E-state index contributed by atoms with van der Waals surface area (Å²) in [6.45, 7) is 6.14. The summed E-state index contributed by atoms with van der Waals surface area (Å²) < 4.78 is 7.42. The first-order valence-corrected chi connectivity index (χ1v) is 7.36.